The van der Waals surface area contributed by atoms with Crippen LogP contribution in [0.25, 0.3) is 10.9 Å². The molecule has 0 radical (unpaired) electrons. The van der Waals surface area contributed by atoms with E-state index in [1.165, 1.54) is 30.5 Å². The Balaban J connectivity index is 1.56. The molecule has 1 N–H and O–H groups in total. The van der Waals surface area contributed by atoms with E-state index < -0.39 is 5.82 Å². The number of benzene rings is 2. The van der Waals surface area contributed by atoms with Crippen molar-refractivity contribution < 1.29 is 23.5 Å². The lowest BCUT2D eigenvalue weighted by molar-refractivity contribution is -0.148. The van der Waals surface area contributed by atoms with E-state index in [2.05, 4.69) is 15.3 Å². The average Bonchev–Trinajstić information content (AvgIpc) is 2.77. The maximum atomic E-state index is 14.2. The minimum absolute atomic E-state index is 0.117. The van der Waals surface area contributed by atoms with Crippen molar-refractivity contribution in [1.82, 2.24) is 14.9 Å². The number of piperidine rings is 1. The van der Waals surface area contributed by atoms with Gasteiger partial charge in [-0.2, -0.15) is 0 Å². The van der Waals surface area contributed by atoms with Gasteiger partial charge in [-0.25, -0.2) is 14.4 Å². The molecule has 1 aliphatic rings. The summed E-state index contributed by atoms with van der Waals surface area (Å²) >= 11 is 5.82. The van der Waals surface area contributed by atoms with E-state index >= 15 is 0 Å². The summed E-state index contributed by atoms with van der Waals surface area (Å²) in [6.07, 6.45) is 2.67. The predicted molar refractivity (Wildman–Crippen MR) is 117 cm³/mol. The van der Waals surface area contributed by atoms with Crippen LogP contribution in [-0.2, 0) is 9.59 Å². The molecule has 2 heterocycles. The molecule has 1 aromatic heterocycles. The molecule has 2 aromatic carbocycles. The molecular weight excluding hydrogens is 439 g/mol. The number of imide groups is 1. The van der Waals surface area contributed by atoms with E-state index in [1.54, 1.807) is 18.2 Å². The van der Waals surface area contributed by atoms with Gasteiger partial charge in [0.05, 0.1) is 24.9 Å². The number of hydrogen-bond donors (Lipinski definition) is 1. The predicted octanol–water partition coefficient (Wildman–Crippen LogP) is 4.09. The van der Waals surface area contributed by atoms with Crippen LogP contribution in [0.5, 0.6) is 11.5 Å². The maximum absolute atomic E-state index is 14.2. The van der Waals surface area contributed by atoms with Crippen LogP contribution in [0, 0.1) is 5.82 Å². The molecule has 0 saturated carbocycles. The molecule has 2 amide bonds. The highest BCUT2D eigenvalue weighted by Crippen LogP contribution is 2.35. The number of aromatic nitrogens is 2. The van der Waals surface area contributed by atoms with Crippen molar-refractivity contribution in [1.29, 1.82) is 0 Å². The maximum Gasteiger partial charge on any atom is 0.229 e. The van der Waals surface area contributed by atoms with Crippen LogP contribution in [0.2, 0.25) is 5.02 Å². The number of anilines is 2. The number of ether oxygens (including phenoxy) is 2. The molecule has 0 bridgehead atoms. The van der Waals surface area contributed by atoms with E-state index in [0.29, 0.717) is 47.5 Å². The zero-order chi connectivity index (χ0) is 22.7. The van der Waals surface area contributed by atoms with Gasteiger partial charge in [-0.15, -0.1) is 0 Å². The van der Waals surface area contributed by atoms with Crippen molar-refractivity contribution in [3.05, 3.63) is 47.5 Å². The second-order valence-corrected chi connectivity index (χ2v) is 7.57. The third-order valence-electron chi connectivity index (χ3n) is 5.06. The van der Waals surface area contributed by atoms with Crippen molar-refractivity contribution in [3.63, 3.8) is 0 Å². The van der Waals surface area contributed by atoms with Gasteiger partial charge >= 0.3 is 0 Å². The van der Waals surface area contributed by atoms with E-state index in [0.717, 1.165) is 0 Å². The van der Waals surface area contributed by atoms with Crippen molar-refractivity contribution in [2.45, 2.75) is 19.3 Å². The number of carbonyl (C=O) groups excluding carboxylic acids is 2. The molecule has 1 aliphatic heterocycles. The molecule has 0 aliphatic carbocycles. The summed E-state index contributed by atoms with van der Waals surface area (Å²) < 4.78 is 25.4. The summed E-state index contributed by atoms with van der Waals surface area (Å²) in [7, 11) is 1.49. The lowest BCUT2D eigenvalue weighted by Crippen LogP contribution is -2.42. The normalized spacial score (nSPS) is 14.0. The molecule has 4 rings (SSSR count). The Morgan fingerprint density at radius 2 is 1.91 bits per heavy atom. The molecule has 0 spiro atoms. The minimum atomic E-state index is -0.516. The van der Waals surface area contributed by atoms with Gasteiger partial charge in [0.25, 0.3) is 0 Å². The number of hydrogen-bond acceptors (Lipinski definition) is 7. The first kappa shape index (κ1) is 21.8. The van der Waals surface area contributed by atoms with Crippen molar-refractivity contribution in [2.75, 3.05) is 25.6 Å². The molecule has 0 unspecified atom stereocenters. The fourth-order valence-corrected chi connectivity index (χ4v) is 3.61. The highest BCUT2D eigenvalue weighted by Gasteiger charge is 2.25. The zero-order valence-corrected chi connectivity index (χ0v) is 18.0. The number of halogens is 2. The molecular formula is C22H20ClFN4O4. The van der Waals surface area contributed by atoms with E-state index in [-0.39, 0.29) is 35.7 Å². The first-order chi connectivity index (χ1) is 15.5. The number of nitrogens with one attached hydrogen (secondary N) is 1. The van der Waals surface area contributed by atoms with Crippen molar-refractivity contribution in [2.24, 2.45) is 0 Å². The number of methoxy groups -OCH3 is 1. The Hall–Kier alpha value is -3.46. The second kappa shape index (κ2) is 9.35. The van der Waals surface area contributed by atoms with Crippen LogP contribution in [0.4, 0.5) is 15.9 Å². The van der Waals surface area contributed by atoms with E-state index in [1.807, 2.05) is 0 Å². The number of amides is 2. The molecule has 1 fully saturated rings. The molecule has 32 heavy (non-hydrogen) atoms. The molecule has 0 atom stereocenters. The number of carbonyl (C=O) groups is 2. The number of likely N-dealkylation sites (tertiary alicyclic amines) is 1. The van der Waals surface area contributed by atoms with Gasteiger partial charge in [0.1, 0.15) is 24.6 Å². The van der Waals surface area contributed by atoms with Gasteiger partial charge in [0.15, 0.2) is 11.5 Å². The Kier molecular flexibility index (Phi) is 6.36. The third kappa shape index (κ3) is 4.57. The van der Waals surface area contributed by atoms with Crippen LogP contribution < -0.4 is 14.8 Å². The van der Waals surface area contributed by atoms with Gasteiger partial charge in [-0.1, -0.05) is 11.6 Å². The SMILES string of the molecule is COc1cc2c(Nc3ccc(Cl)cc3F)ncnc2cc1OCCN1C(=O)CCCC1=O. The topological polar surface area (TPSA) is 93.7 Å². The smallest absolute Gasteiger partial charge is 0.229 e. The Bertz CT molecular complexity index is 1170. The Labute approximate surface area is 188 Å². The highest BCUT2D eigenvalue weighted by atomic mass is 35.5. The molecule has 8 nitrogen and oxygen atoms in total. The summed E-state index contributed by atoms with van der Waals surface area (Å²) in [5.74, 6) is 0.299. The average molecular weight is 459 g/mol. The van der Waals surface area contributed by atoms with Crippen LogP contribution in [0.15, 0.2) is 36.7 Å². The largest absolute Gasteiger partial charge is 0.493 e. The Morgan fingerprint density at radius 3 is 2.62 bits per heavy atom. The second-order valence-electron chi connectivity index (χ2n) is 7.13. The molecule has 3 aromatic rings. The molecule has 10 heteroatoms. The van der Waals surface area contributed by atoms with Crippen LogP contribution >= 0.6 is 11.6 Å². The zero-order valence-electron chi connectivity index (χ0n) is 17.2. The molecule has 166 valence electrons. The van der Waals surface area contributed by atoms with Crippen molar-refractivity contribution in [3.8, 4) is 11.5 Å². The summed E-state index contributed by atoms with van der Waals surface area (Å²) in [6.45, 7) is 0.275. The minimum Gasteiger partial charge on any atom is -0.493 e. The van der Waals surface area contributed by atoms with E-state index in [4.69, 9.17) is 21.1 Å². The third-order valence-corrected chi connectivity index (χ3v) is 5.30. The number of fused-ring (bicyclic) bond motifs is 1. The summed E-state index contributed by atoms with van der Waals surface area (Å²) in [6, 6.07) is 7.64. The monoisotopic (exact) mass is 458 g/mol. The van der Waals surface area contributed by atoms with Gasteiger partial charge in [0.2, 0.25) is 11.8 Å². The van der Waals surface area contributed by atoms with Crippen LogP contribution in [-0.4, -0.2) is 46.9 Å². The Morgan fingerprint density at radius 1 is 1.12 bits per heavy atom. The van der Waals surface area contributed by atoms with E-state index in [9.17, 15) is 14.0 Å². The summed E-state index contributed by atoms with van der Waals surface area (Å²) in [4.78, 5) is 33.6. The lowest BCUT2D eigenvalue weighted by atomic mass is 10.1. The van der Waals surface area contributed by atoms with Gasteiger partial charge in [-0.3, -0.25) is 14.5 Å². The first-order valence-corrected chi connectivity index (χ1v) is 10.3. The fraction of sp³-hybridized carbons (Fsp3) is 0.273. The van der Waals surface area contributed by atoms with Crippen LogP contribution in [0.1, 0.15) is 19.3 Å². The fourth-order valence-electron chi connectivity index (χ4n) is 3.45. The first-order valence-electron chi connectivity index (χ1n) is 9.97. The van der Waals surface area contributed by atoms with Gasteiger partial charge in [0, 0.05) is 29.3 Å². The number of rotatable bonds is 7. The van der Waals surface area contributed by atoms with Gasteiger partial charge in [-0.05, 0) is 30.7 Å². The standard InChI is InChI=1S/C22H20ClFN4O4/c1-31-18-10-14-17(11-19(18)32-8-7-28-20(29)3-2-4-21(28)30)25-12-26-22(14)27-16-6-5-13(23)9-15(16)24/h5-6,9-12H,2-4,7-8H2,1H3,(H,25,26,27). The molecule has 1 saturated heterocycles. The summed E-state index contributed by atoms with van der Waals surface area (Å²) in [5.41, 5.74) is 0.752. The highest BCUT2D eigenvalue weighted by molar-refractivity contribution is 6.30. The van der Waals surface area contributed by atoms with Crippen molar-refractivity contribution >= 4 is 45.8 Å². The quantitative estimate of drug-likeness (QED) is 0.533. The summed E-state index contributed by atoms with van der Waals surface area (Å²) in [5, 5.41) is 3.83. The van der Waals surface area contributed by atoms with Gasteiger partial charge < -0.3 is 14.8 Å². The van der Waals surface area contributed by atoms with Crippen LogP contribution in [0.3, 0.4) is 0 Å². The lowest BCUT2D eigenvalue weighted by Gasteiger charge is -2.24. The number of nitrogens with zero attached hydrogens (tertiary/aromatic N) is 3.